The lowest BCUT2D eigenvalue weighted by Gasteiger charge is -2.07. The molecule has 98 valence electrons. The Morgan fingerprint density at radius 1 is 1.28 bits per heavy atom. The Bertz CT molecular complexity index is 397. The summed E-state index contributed by atoms with van der Waals surface area (Å²) in [6.45, 7) is 4.37. The maximum atomic E-state index is 10.8. The third-order valence-electron chi connectivity index (χ3n) is 2.20. The van der Waals surface area contributed by atoms with E-state index in [2.05, 4.69) is 11.9 Å². The largest absolute Gasteiger partial charge is 0.508 e. The van der Waals surface area contributed by atoms with Crippen LogP contribution >= 0.6 is 0 Å². The summed E-state index contributed by atoms with van der Waals surface area (Å²) in [5.41, 5.74) is 0. The number of amides is 1. The molecule has 0 aliphatic carbocycles. The van der Waals surface area contributed by atoms with Crippen LogP contribution < -0.4 is 10.1 Å². The summed E-state index contributed by atoms with van der Waals surface area (Å²) in [5, 5.41) is 21.1. The van der Waals surface area contributed by atoms with Gasteiger partial charge in [-0.25, -0.2) is 0 Å². The van der Waals surface area contributed by atoms with Crippen molar-refractivity contribution in [2.75, 3.05) is 13.2 Å². The van der Waals surface area contributed by atoms with Crippen molar-refractivity contribution in [2.45, 2.75) is 12.8 Å². The Labute approximate surface area is 106 Å². The minimum atomic E-state index is -0.186. The van der Waals surface area contributed by atoms with Gasteiger partial charge in [0.25, 0.3) is 0 Å². The summed E-state index contributed by atoms with van der Waals surface area (Å²) in [5.74, 6) is 0.156. The number of aromatic hydroxyl groups is 2. The number of phenolic OH excluding ortho intramolecular Hbond substituents is 2. The zero-order chi connectivity index (χ0) is 13.4. The van der Waals surface area contributed by atoms with E-state index in [-0.39, 0.29) is 17.4 Å². The first-order valence-electron chi connectivity index (χ1n) is 5.68. The van der Waals surface area contributed by atoms with Crippen LogP contribution in [0.2, 0.25) is 0 Å². The highest BCUT2D eigenvalue weighted by Gasteiger charge is 2.00. The Morgan fingerprint density at radius 3 is 2.56 bits per heavy atom. The van der Waals surface area contributed by atoms with Crippen LogP contribution in [0.25, 0.3) is 0 Å². The van der Waals surface area contributed by atoms with Gasteiger partial charge in [-0.2, -0.15) is 0 Å². The number of hydrogen-bond acceptors (Lipinski definition) is 4. The molecule has 0 saturated carbocycles. The van der Waals surface area contributed by atoms with E-state index >= 15 is 0 Å². The third-order valence-corrected chi connectivity index (χ3v) is 2.20. The molecule has 0 heterocycles. The number of rotatable bonds is 7. The fourth-order valence-electron chi connectivity index (χ4n) is 1.35. The molecular formula is C13H17NO4. The maximum absolute atomic E-state index is 10.8. The topological polar surface area (TPSA) is 78.8 Å². The molecule has 0 bridgehead atoms. The number of carbonyl (C=O) groups excluding carboxylic acids is 1. The fourth-order valence-corrected chi connectivity index (χ4v) is 1.35. The van der Waals surface area contributed by atoms with Crippen molar-refractivity contribution in [1.29, 1.82) is 0 Å². The quantitative estimate of drug-likeness (QED) is 0.507. The normalized spacial score (nSPS) is 9.78. The Morgan fingerprint density at radius 2 is 1.94 bits per heavy atom. The average molecular weight is 251 g/mol. The monoisotopic (exact) mass is 251 g/mol. The molecule has 1 aromatic carbocycles. The molecule has 0 aliphatic rings. The van der Waals surface area contributed by atoms with Crippen molar-refractivity contribution in [2.24, 2.45) is 0 Å². The number of nitrogens with one attached hydrogen (secondary N) is 1. The lowest BCUT2D eigenvalue weighted by Crippen LogP contribution is -2.22. The second-order valence-electron chi connectivity index (χ2n) is 3.74. The van der Waals surface area contributed by atoms with Crippen molar-refractivity contribution < 1.29 is 19.7 Å². The van der Waals surface area contributed by atoms with Crippen molar-refractivity contribution in [3.05, 3.63) is 30.9 Å². The van der Waals surface area contributed by atoms with Gasteiger partial charge in [-0.3, -0.25) is 4.79 Å². The SMILES string of the molecule is C=CC(=O)NCCCCOc1cc(O)cc(O)c1. The number of ether oxygens (including phenoxy) is 1. The third kappa shape index (κ3) is 5.25. The summed E-state index contributed by atoms with van der Waals surface area (Å²) >= 11 is 0. The number of benzene rings is 1. The summed E-state index contributed by atoms with van der Waals surface area (Å²) in [6, 6.07) is 4.09. The molecule has 3 N–H and O–H groups in total. The van der Waals surface area contributed by atoms with Gasteiger partial charge in [0.1, 0.15) is 17.2 Å². The molecule has 0 atom stereocenters. The van der Waals surface area contributed by atoms with Gasteiger partial charge in [-0.1, -0.05) is 6.58 Å². The van der Waals surface area contributed by atoms with Crippen LogP contribution in [0.5, 0.6) is 17.2 Å². The van der Waals surface area contributed by atoms with Gasteiger partial charge in [-0.15, -0.1) is 0 Å². The molecule has 1 amide bonds. The number of carbonyl (C=O) groups is 1. The molecule has 5 heteroatoms. The van der Waals surface area contributed by atoms with Gasteiger partial charge < -0.3 is 20.3 Å². The second kappa shape index (κ2) is 7.21. The highest BCUT2D eigenvalue weighted by Crippen LogP contribution is 2.25. The molecule has 1 rings (SSSR count). The molecule has 5 nitrogen and oxygen atoms in total. The Hall–Kier alpha value is -2.17. The minimum absolute atomic E-state index is 0.0387. The average Bonchev–Trinajstić information content (AvgIpc) is 2.32. The molecule has 0 spiro atoms. The van der Waals surface area contributed by atoms with Crippen molar-refractivity contribution in [1.82, 2.24) is 5.32 Å². The molecule has 1 aromatic rings. The van der Waals surface area contributed by atoms with Crippen molar-refractivity contribution in [3.8, 4) is 17.2 Å². The summed E-state index contributed by atoms with van der Waals surface area (Å²) in [4.78, 5) is 10.8. The van der Waals surface area contributed by atoms with E-state index in [1.165, 1.54) is 24.3 Å². The lowest BCUT2D eigenvalue weighted by molar-refractivity contribution is -0.116. The highest BCUT2D eigenvalue weighted by molar-refractivity contribution is 5.86. The van der Waals surface area contributed by atoms with E-state index in [1.54, 1.807) is 0 Å². The van der Waals surface area contributed by atoms with Gasteiger partial charge in [0.05, 0.1) is 6.61 Å². The van der Waals surface area contributed by atoms with Crippen LogP contribution in [0.3, 0.4) is 0 Å². The van der Waals surface area contributed by atoms with Gasteiger partial charge in [0, 0.05) is 24.7 Å². The molecule has 18 heavy (non-hydrogen) atoms. The minimum Gasteiger partial charge on any atom is -0.508 e. The number of phenols is 2. The standard InChI is InChI=1S/C13H17NO4/c1-2-13(17)14-5-3-4-6-18-12-8-10(15)7-11(16)9-12/h2,7-9,15-16H,1,3-6H2,(H,14,17). The Balaban J connectivity index is 2.18. The first-order chi connectivity index (χ1) is 8.61. The van der Waals surface area contributed by atoms with Crippen LogP contribution in [0.4, 0.5) is 0 Å². The van der Waals surface area contributed by atoms with E-state index in [9.17, 15) is 15.0 Å². The smallest absolute Gasteiger partial charge is 0.243 e. The first-order valence-corrected chi connectivity index (χ1v) is 5.68. The number of unbranched alkanes of at least 4 members (excludes halogenated alkanes) is 1. The predicted molar refractivity (Wildman–Crippen MR) is 67.7 cm³/mol. The predicted octanol–water partition coefficient (Wildman–Crippen LogP) is 1.56. The highest BCUT2D eigenvalue weighted by atomic mass is 16.5. The van der Waals surface area contributed by atoms with E-state index in [0.717, 1.165) is 12.8 Å². The summed E-state index contributed by atoms with van der Waals surface area (Å²) in [7, 11) is 0. The summed E-state index contributed by atoms with van der Waals surface area (Å²) < 4.78 is 5.35. The van der Waals surface area contributed by atoms with Crippen LogP contribution in [-0.2, 0) is 4.79 Å². The van der Waals surface area contributed by atoms with Gasteiger partial charge in [0.15, 0.2) is 0 Å². The molecule has 0 aliphatic heterocycles. The molecule has 0 aromatic heterocycles. The fraction of sp³-hybridized carbons (Fsp3) is 0.308. The van der Waals surface area contributed by atoms with E-state index < -0.39 is 0 Å². The zero-order valence-corrected chi connectivity index (χ0v) is 10.1. The molecule has 0 unspecified atom stereocenters. The first kappa shape index (κ1) is 13.9. The van der Waals surface area contributed by atoms with E-state index in [0.29, 0.717) is 18.9 Å². The van der Waals surface area contributed by atoms with Gasteiger partial charge >= 0.3 is 0 Å². The van der Waals surface area contributed by atoms with Gasteiger partial charge in [0.2, 0.25) is 5.91 Å². The van der Waals surface area contributed by atoms with E-state index in [1.807, 2.05) is 0 Å². The molecule has 0 radical (unpaired) electrons. The second-order valence-corrected chi connectivity index (χ2v) is 3.74. The van der Waals surface area contributed by atoms with Gasteiger partial charge in [-0.05, 0) is 18.9 Å². The number of hydrogen-bond donors (Lipinski definition) is 3. The maximum Gasteiger partial charge on any atom is 0.243 e. The molecular weight excluding hydrogens is 234 g/mol. The Kier molecular flexibility index (Phi) is 5.57. The lowest BCUT2D eigenvalue weighted by atomic mass is 10.3. The van der Waals surface area contributed by atoms with Crippen LogP contribution in [0.15, 0.2) is 30.9 Å². The van der Waals surface area contributed by atoms with Crippen LogP contribution in [0, 0.1) is 0 Å². The molecule has 0 fully saturated rings. The van der Waals surface area contributed by atoms with Crippen LogP contribution in [0.1, 0.15) is 12.8 Å². The van der Waals surface area contributed by atoms with Crippen molar-refractivity contribution in [3.63, 3.8) is 0 Å². The summed E-state index contributed by atoms with van der Waals surface area (Å²) in [6.07, 6.45) is 2.77. The zero-order valence-electron chi connectivity index (χ0n) is 10.1. The molecule has 0 saturated heterocycles. The van der Waals surface area contributed by atoms with Crippen LogP contribution in [-0.4, -0.2) is 29.3 Å². The van der Waals surface area contributed by atoms with E-state index in [4.69, 9.17) is 4.74 Å². The van der Waals surface area contributed by atoms with Crippen molar-refractivity contribution >= 4 is 5.91 Å².